The van der Waals surface area contributed by atoms with Crippen LogP contribution in [0, 0.1) is 5.92 Å². The molecule has 112 valence electrons. The smallest absolute Gasteiger partial charge is 0.212 e. The summed E-state index contributed by atoms with van der Waals surface area (Å²) in [5.74, 6) is 0.309. The molecule has 1 aliphatic heterocycles. The van der Waals surface area contributed by atoms with E-state index in [1.165, 1.54) is 12.8 Å². The quantitative estimate of drug-likeness (QED) is 0.740. The molecule has 0 aromatic carbocycles. The van der Waals surface area contributed by atoms with Gasteiger partial charge >= 0.3 is 0 Å². The van der Waals surface area contributed by atoms with E-state index in [9.17, 15) is 8.42 Å². The second kappa shape index (κ2) is 6.52. The molecule has 2 rings (SSSR count). The van der Waals surface area contributed by atoms with Crippen molar-refractivity contribution in [3.63, 3.8) is 0 Å². The van der Waals surface area contributed by atoms with Gasteiger partial charge in [0.15, 0.2) is 0 Å². The predicted octanol–water partition coefficient (Wildman–Crippen LogP) is 0.994. The van der Waals surface area contributed by atoms with Gasteiger partial charge in [0.2, 0.25) is 10.0 Å². The van der Waals surface area contributed by atoms with Gasteiger partial charge in [0.05, 0.1) is 12.4 Å². The first-order valence-electron chi connectivity index (χ1n) is 7.33. The summed E-state index contributed by atoms with van der Waals surface area (Å²) in [6.07, 6.45) is 7.32. The van der Waals surface area contributed by atoms with E-state index in [1.807, 2.05) is 0 Å². The van der Waals surface area contributed by atoms with E-state index >= 15 is 0 Å². The van der Waals surface area contributed by atoms with Crippen LogP contribution in [0.4, 0.5) is 0 Å². The van der Waals surface area contributed by atoms with E-state index in [2.05, 4.69) is 4.72 Å². The minimum absolute atomic E-state index is 0.139. The standard InChI is InChI=1S/C13H26N2O3S/c14-13(6-3-1-2-4-7-13)11-15-19(16,17)10-12-5-8-18-9-12/h12,15H,1-11,14H2. The fourth-order valence-electron chi connectivity index (χ4n) is 2.95. The molecule has 1 atom stereocenters. The van der Waals surface area contributed by atoms with Crippen molar-refractivity contribution in [2.75, 3.05) is 25.5 Å². The van der Waals surface area contributed by atoms with Gasteiger partial charge in [-0.25, -0.2) is 13.1 Å². The van der Waals surface area contributed by atoms with Crippen LogP contribution in [0.25, 0.3) is 0 Å². The first kappa shape index (κ1) is 15.2. The molecule has 3 N–H and O–H groups in total. The monoisotopic (exact) mass is 290 g/mol. The molecule has 19 heavy (non-hydrogen) atoms. The Labute approximate surface area is 116 Å². The van der Waals surface area contributed by atoms with Gasteiger partial charge in [0.1, 0.15) is 0 Å². The highest BCUT2D eigenvalue weighted by Crippen LogP contribution is 2.24. The number of rotatable bonds is 5. The maximum atomic E-state index is 12.0. The molecule has 1 unspecified atom stereocenters. The van der Waals surface area contributed by atoms with Crippen LogP contribution in [0.1, 0.15) is 44.9 Å². The summed E-state index contributed by atoms with van der Waals surface area (Å²) in [6.45, 7) is 1.62. The van der Waals surface area contributed by atoms with Crippen molar-refractivity contribution < 1.29 is 13.2 Å². The Balaban J connectivity index is 1.82. The average Bonchev–Trinajstić information content (AvgIpc) is 2.74. The minimum atomic E-state index is -3.22. The zero-order valence-corrected chi connectivity index (χ0v) is 12.4. The molecule has 1 heterocycles. The normalized spacial score (nSPS) is 28.2. The Morgan fingerprint density at radius 1 is 1.21 bits per heavy atom. The van der Waals surface area contributed by atoms with Crippen molar-refractivity contribution in [1.82, 2.24) is 4.72 Å². The molecule has 1 saturated heterocycles. The molecule has 2 fully saturated rings. The SMILES string of the molecule is NC1(CNS(=O)(=O)CC2CCOC2)CCCCCC1. The first-order valence-corrected chi connectivity index (χ1v) is 8.98. The number of hydrogen-bond donors (Lipinski definition) is 2. The largest absolute Gasteiger partial charge is 0.381 e. The van der Waals surface area contributed by atoms with Crippen molar-refractivity contribution in [1.29, 1.82) is 0 Å². The first-order chi connectivity index (χ1) is 8.99. The Morgan fingerprint density at radius 2 is 1.89 bits per heavy atom. The summed E-state index contributed by atoms with van der Waals surface area (Å²) >= 11 is 0. The Morgan fingerprint density at radius 3 is 2.47 bits per heavy atom. The highest BCUT2D eigenvalue weighted by atomic mass is 32.2. The summed E-state index contributed by atoms with van der Waals surface area (Å²) in [7, 11) is -3.22. The lowest BCUT2D eigenvalue weighted by Gasteiger charge is -2.28. The molecule has 6 heteroatoms. The van der Waals surface area contributed by atoms with E-state index < -0.39 is 10.0 Å². The fourth-order valence-corrected chi connectivity index (χ4v) is 4.46. The van der Waals surface area contributed by atoms with Crippen LogP contribution in [0.15, 0.2) is 0 Å². The molecular formula is C13H26N2O3S. The molecule has 1 aliphatic carbocycles. The van der Waals surface area contributed by atoms with Gasteiger partial charge in [-0.15, -0.1) is 0 Å². The topological polar surface area (TPSA) is 81.4 Å². The third-order valence-electron chi connectivity index (χ3n) is 4.22. The molecule has 0 aromatic heterocycles. The molecule has 0 amide bonds. The van der Waals surface area contributed by atoms with Crippen LogP contribution in [-0.4, -0.2) is 39.5 Å². The zero-order valence-electron chi connectivity index (χ0n) is 11.6. The number of ether oxygens (including phenoxy) is 1. The Kier molecular flexibility index (Phi) is 5.22. The van der Waals surface area contributed by atoms with Crippen molar-refractivity contribution in [2.45, 2.75) is 50.5 Å². The van der Waals surface area contributed by atoms with Gasteiger partial charge in [-0.3, -0.25) is 0 Å². The molecule has 0 spiro atoms. The Hall–Kier alpha value is -0.170. The van der Waals surface area contributed by atoms with Gasteiger partial charge in [-0.2, -0.15) is 0 Å². The van der Waals surface area contributed by atoms with E-state index in [0.29, 0.717) is 19.8 Å². The molecular weight excluding hydrogens is 264 g/mol. The predicted molar refractivity (Wildman–Crippen MR) is 75.3 cm³/mol. The third kappa shape index (κ3) is 5.02. The molecule has 5 nitrogen and oxygen atoms in total. The van der Waals surface area contributed by atoms with E-state index in [1.54, 1.807) is 0 Å². The summed E-state index contributed by atoms with van der Waals surface area (Å²) in [5.41, 5.74) is 5.97. The van der Waals surface area contributed by atoms with Crippen molar-refractivity contribution in [2.24, 2.45) is 11.7 Å². The van der Waals surface area contributed by atoms with Gasteiger partial charge in [-0.05, 0) is 25.2 Å². The highest BCUT2D eigenvalue weighted by Gasteiger charge is 2.29. The Bertz CT molecular complexity index is 369. The van der Waals surface area contributed by atoms with E-state index in [4.69, 9.17) is 10.5 Å². The molecule has 0 radical (unpaired) electrons. The minimum Gasteiger partial charge on any atom is -0.381 e. The third-order valence-corrected chi connectivity index (χ3v) is 5.72. The second-order valence-corrected chi connectivity index (χ2v) is 7.96. The summed E-state index contributed by atoms with van der Waals surface area (Å²) in [6, 6.07) is 0. The number of nitrogens with one attached hydrogen (secondary N) is 1. The lowest BCUT2D eigenvalue weighted by molar-refractivity contribution is 0.188. The van der Waals surface area contributed by atoms with Crippen molar-refractivity contribution in [3.05, 3.63) is 0 Å². The summed E-state index contributed by atoms with van der Waals surface area (Å²) in [5, 5.41) is 0. The fraction of sp³-hybridized carbons (Fsp3) is 1.00. The van der Waals surface area contributed by atoms with Crippen LogP contribution in [-0.2, 0) is 14.8 Å². The number of sulfonamides is 1. The zero-order chi connectivity index (χ0) is 13.8. The maximum Gasteiger partial charge on any atom is 0.212 e. The van der Waals surface area contributed by atoms with Crippen LogP contribution < -0.4 is 10.5 Å². The van der Waals surface area contributed by atoms with Crippen LogP contribution in [0.2, 0.25) is 0 Å². The van der Waals surface area contributed by atoms with Crippen LogP contribution in [0.5, 0.6) is 0 Å². The van der Waals surface area contributed by atoms with E-state index in [0.717, 1.165) is 32.1 Å². The summed E-state index contributed by atoms with van der Waals surface area (Å²) in [4.78, 5) is 0. The van der Waals surface area contributed by atoms with Gasteiger partial charge < -0.3 is 10.5 Å². The lowest BCUT2D eigenvalue weighted by atomic mass is 9.92. The number of nitrogens with two attached hydrogens (primary N) is 1. The average molecular weight is 290 g/mol. The molecule has 1 saturated carbocycles. The van der Waals surface area contributed by atoms with Crippen molar-refractivity contribution in [3.8, 4) is 0 Å². The summed E-state index contributed by atoms with van der Waals surface area (Å²) < 4.78 is 32.0. The molecule has 0 aromatic rings. The van der Waals surface area contributed by atoms with Crippen LogP contribution in [0.3, 0.4) is 0 Å². The van der Waals surface area contributed by atoms with Crippen molar-refractivity contribution >= 4 is 10.0 Å². The van der Waals surface area contributed by atoms with Crippen LogP contribution >= 0.6 is 0 Å². The van der Waals surface area contributed by atoms with Gasteiger partial charge in [0, 0.05) is 18.7 Å². The lowest BCUT2D eigenvalue weighted by Crippen LogP contribution is -2.50. The molecule has 0 bridgehead atoms. The van der Waals surface area contributed by atoms with Gasteiger partial charge in [-0.1, -0.05) is 25.7 Å². The highest BCUT2D eigenvalue weighted by molar-refractivity contribution is 7.89. The maximum absolute atomic E-state index is 12.0. The number of hydrogen-bond acceptors (Lipinski definition) is 4. The molecule has 2 aliphatic rings. The second-order valence-electron chi connectivity index (χ2n) is 6.11. The van der Waals surface area contributed by atoms with E-state index in [-0.39, 0.29) is 17.2 Å². The van der Waals surface area contributed by atoms with Gasteiger partial charge in [0.25, 0.3) is 0 Å².